The van der Waals surface area contributed by atoms with Crippen LogP contribution in [0.25, 0.3) is 0 Å². The van der Waals surface area contributed by atoms with Gasteiger partial charge in [-0.3, -0.25) is 9.48 Å². The lowest BCUT2D eigenvalue weighted by Gasteiger charge is -2.10. The van der Waals surface area contributed by atoms with Crippen LogP contribution in [0.1, 0.15) is 23.3 Å². The van der Waals surface area contributed by atoms with Gasteiger partial charge >= 0.3 is 0 Å². The van der Waals surface area contributed by atoms with Gasteiger partial charge in [-0.1, -0.05) is 0 Å². The van der Waals surface area contributed by atoms with E-state index in [1.807, 2.05) is 0 Å². The fraction of sp³-hybridized carbons (Fsp3) is 0.636. The minimum Gasteiger partial charge on any atom is -0.385 e. The van der Waals surface area contributed by atoms with Crippen LogP contribution in [0.5, 0.6) is 0 Å². The molecule has 0 radical (unpaired) electrons. The Kier molecular flexibility index (Phi) is 3.96. The number of methoxy groups -OCH3 is 1. The SMILES string of the molecule is COCCn1ncc(Br)c1C(=O)C(O)C1CC1. The number of hydrogen-bond donors (Lipinski definition) is 1. The number of aromatic nitrogens is 2. The second kappa shape index (κ2) is 5.29. The van der Waals surface area contributed by atoms with E-state index in [1.165, 1.54) is 0 Å². The second-order valence-electron chi connectivity index (χ2n) is 4.20. The Labute approximate surface area is 108 Å². The molecule has 1 heterocycles. The number of ketones is 1. The van der Waals surface area contributed by atoms with Crippen LogP contribution in [0.4, 0.5) is 0 Å². The smallest absolute Gasteiger partial charge is 0.210 e. The van der Waals surface area contributed by atoms with Gasteiger partial charge in [-0.05, 0) is 34.7 Å². The van der Waals surface area contributed by atoms with E-state index in [0.29, 0.717) is 23.3 Å². The first-order chi connectivity index (χ1) is 8.15. The molecule has 1 fully saturated rings. The molecule has 1 saturated carbocycles. The van der Waals surface area contributed by atoms with Crippen LogP contribution in [-0.4, -0.2) is 40.5 Å². The lowest BCUT2D eigenvalue weighted by atomic mass is 10.1. The van der Waals surface area contributed by atoms with Crippen LogP contribution in [0.2, 0.25) is 0 Å². The number of hydrogen-bond acceptors (Lipinski definition) is 4. The fourth-order valence-electron chi connectivity index (χ4n) is 1.72. The summed E-state index contributed by atoms with van der Waals surface area (Å²) in [4.78, 5) is 12.1. The molecular weight excluding hydrogens is 288 g/mol. The Bertz CT molecular complexity index is 415. The Morgan fingerprint density at radius 3 is 3.06 bits per heavy atom. The first kappa shape index (κ1) is 12.7. The number of carbonyl (C=O) groups is 1. The van der Waals surface area contributed by atoms with Crippen molar-refractivity contribution < 1.29 is 14.6 Å². The summed E-state index contributed by atoms with van der Waals surface area (Å²) in [6.07, 6.45) is 2.53. The summed E-state index contributed by atoms with van der Waals surface area (Å²) in [7, 11) is 1.60. The van der Waals surface area contributed by atoms with Crippen LogP contribution < -0.4 is 0 Å². The largest absolute Gasteiger partial charge is 0.385 e. The molecule has 0 spiro atoms. The summed E-state index contributed by atoms with van der Waals surface area (Å²) in [6.45, 7) is 0.981. The molecule has 5 nitrogen and oxygen atoms in total. The van der Waals surface area contributed by atoms with Gasteiger partial charge in [0.2, 0.25) is 5.78 Å². The average Bonchev–Trinajstić information content (AvgIpc) is 3.10. The molecule has 1 aliphatic carbocycles. The molecule has 2 rings (SSSR count). The van der Waals surface area contributed by atoms with E-state index in [2.05, 4.69) is 21.0 Å². The van der Waals surface area contributed by atoms with Crippen molar-refractivity contribution in [2.24, 2.45) is 5.92 Å². The number of rotatable bonds is 6. The van der Waals surface area contributed by atoms with Crippen LogP contribution in [0.15, 0.2) is 10.7 Å². The van der Waals surface area contributed by atoms with Crippen molar-refractivity contribution in [3.63, 3.8) is 0 Å². The summed E-state index contributed by atoms with van der Waals surface area (Å²) < 4.78 is 7.15. The molecule has 94 valence electrons. The Hall–Kier alpha value is -0.720. The van der Waals surface area contributed by atoms with Gasteiger partial charge in [-0.25, -0.2) is 0 Å². The van der Waals surface area contributed by atoms with Crippen LogP contribution in [0.3, 0.4) is 0 Å². The summed E-state index contributed by atoms with van der Waals surface area (Å²) >= 11 is 3.29. The van der Waals surface area contributed by atoms with E-state index in [4.69, 9.17) is 4.74 Å². The Morgan fingerprint density at radius 2 is 2.47 bits per heavy atom. The van der Waals surface area contributed by atoms with E-state index in [9.17, 15) is 9.90 Å². The Morgan fingerprint density at radius 1 is 1.76 bits per heavy atom. The van der Waals surface area contributed by atoms with E-state index < -0.39 is 6.10 Å². The maximum Gasteiger partial charge on any atom is 0.210 e. The number of aliphatic hydroxyl groups excluding tert-OH is 1. The van der Waals surface area contributed by atoms with E-state index >= 15 is 0 Å². The molecular formula is C11H15BrN2O3. The van der Waals surface area contributed by atoms with Gasteiger partial charge < -0.3 is 9.84 Å². The third kappa shape index (κ3) is 2.75. The highest BCUT2D eigenvalue weighted by molar-refractivity contribution is 9.10. The molecule has 0 aromatic carbocycles. The third-order valence-corrected chi connectivity index (χ3v) is 3.45. The molecule has 0 aliphatic heterocycles. The zero-order valence-corrected chi connectivity index (χ0v) is 11.2. The predicted octanol–water partition coefficient (Wildman–Crippen LogP) is 1.25. The normalized spacial score (nSPS) is 17.1. The first-order valence-corrected chi connectivity index (χ1v) is 6.37. The number of carbonyl (C=O) groups excluding carboxylic acids is 1. The molecule has 6 heteroatoms. The number of Topliss-reactive ketones (excluding diaryl/α,β-unsaturated/α-hetero) is 1. The van der Waals surface area contributed by atoms with Crippen molar-refractivity contribution in [1.29, 1.82) is 0 Å². The highest BCUT2D eigenvalue weighted by Crippen LogP contribution is 2.34. The maximum atomic E-state index is 12.1. The summed E-state index contributed by atoms with van der Waals surface area (Å²) in [5.41, 5.74) is 0.432. The van der Waals surface area contributed by atoms with E-state index in [1.54, 1.807) is 18.0 Å². The number of ether oxygens (including phenoxy) is 1. The zero-order valence-electron chi connectivity index (χ0n) is 9.60. The molecule has 17 heavy (non-hydrogen) atoms. The molecule has 0 amide bonds. The Balaban J connectivity index is 2.17. The van der Waals surface area contributed by atoms with Crippen LogP contribution in [0, 0.1) is 5.92 Å². The highest BCUT2D eigenvalue weighted by atomic mass is 79.9. The van der Waals surface area contributed by atoms with Gasteiger partial charge in [-0.2, -0.15) is 5.10 Å². The van der Waals surface area contributed by atoms with E-state index in [-0.39, 0.29) is 11.7 Å². The number of aliphatic hydroxyl groups is 1. The number of nitrogens with zero attached hydrogens (tertiary/aromatic N) is 2. The van der Waals surface area contributed by atoms with Crippen molar-refractivity contribution in [2.75, 3.05) is 13.7 Å². The standard InChI is InChI=1S/C11H15BrN2O3/c1-17-5-4-14-9(8(12)6-13-14)11(16)10(15)7-2-3-7/h6-7,10,15H,2-5H2,1H3. The second-order valence-corrected chi connectivity index (χ2v) is 5.06. The molecule has 0 bridgehead atoms. The molecule has 1 N–H and O–H groups in total. The van der Waals surface area contributed by atoms with Gasteiger partial charge in [0, 0.05) is 7.11 Å². The number of halogens is 1. The lowest BCUT2D eigenvalue weighted by Crippen LogP contribution is -2.26. The average molecular weight is 303 g/mol. The summed E-state index contributed by atoms with van der Waals surface area (Å²) in [5.74, 6) is -0.131. The monoisotopic (exact) mass is 302 g/mol. The zero-order chi connectivity index (χ0) is 12.4. The van der Waals surface area contributed by atoms with Crippen molar-refractivity contribution >= 4 is 21.7 Å². The highest BCUT2D eigenvalue weighted by Gasteiger charge is 2.37. The molecule has 1 aromatic heterocycles. The predicted molar refractivity (Wildman–Crippen MR) is 64.9 cm³/mol. The van der Waals surface area contributed by atoms with Gasteiger partial charge in [0.05, 0.1) is 23.8 Å². The summed E-state index contributed by atoms with van der Waals surface area (Å²) in [6, 6.07) is 0. The molecule has 1 atom stereocenters. The minimum absolute atomic E-state index is 0.125. The molecule has 0 saturated heterocycles. The van der Waals surface area contributed by atoms with Crippen molar-refractivity contribution in [3.05, 3.63) is 16.4 Å². The van der Waals surface area contributed by atoms with Gasteiger partial charge in [0.15, 0.2) is 0 Å². The van der Waals surface area contributed by atoms with Gasteiger partial charge in [0.1, 0.15) is 11.8 Å². The van der Waals surface area contributed by atoms with Crippen molar-refractivity contribution in [2.45, 2.75) is 25.5 Å². The minimum atomic E-state index is -0.899. The molecule has 1 unspecified atom stereocenters. The maximum absolute atomic E-state index is 12.1. The first-order valence-electron chi connectivity index (χ1n) is 5.57. The van der Waals surface area contributed by atoms with Crippen LogP contribution >= 0.6 is 15.9 Å². The van der Waals surface area contributed by atoms with Crippen LogP contribution in [-0.2, 0) is 11.3 Å². The third-order valence-electron chi connectivity index (χ3n) is 2.87. The molecule has 1 aliphatic rings. The topological polar surface area (TPSA) is 64.4 Å². The quantitative estimate of drug-likeness (QED) is 0.803. The summed E-state index contributed by atoms with van der Waals surface area (Å²) in [5, 5.41) is 14.0. The lowest BCUT2D eigenvalue weighted by molar-refractivity contribution is 0.0688. The fourth-order valence-corrected chi connectivity index (χ4v) is 2.21. The van der Waals surface area contributed by atoms with Gasteiger partial charge in [-0.15, -0.1) is 0 Å². The van der Waals surface area contributed by atoms with Crippen molar-refractivity contribution in [3.8, 4) is 0 Å². The van der Waals surface area contributed by atoms with Crippen molar-refractivity contribution in [1.82, 2.24) is 9.78 Å². The van der Waals surface area contributed by atoms with E-state index in [0.717, 1.165) is 12.8 Å². The molecule has 1 aromatic rings. The van der Waals surface area contributed by atoms with Gasteiger partial charge in [0.25, 0.3) is 0 Å².